The van der Waals surface area contributed by atoms with Gasteiger partial charge >= 0.3 is 22.4 Å². The second-order valence-corrected chi connectivity index (χ2v) is 12.0. The summed E-state index contributed by atoms with van der Waals surface area (Å²) in [6.07, 6.45) is 15.8. The third kappa shape index (κ3) is 25.9. The summed E-state index contributed by atoms with van der Waals surface area (Å²) in [6, 6.07) is 0. The number of hydrogen-bond donors (Lipinski definition) is 3. The fourth-order valence-electron chi connectivity index (χ4n) is 4.30. The zero-order valence-corrected chi connectivity index (χ0v) is 30.5. The number of hydrogen-bond acceptors (Lipinski definition) is 9. The van der Waals surface area contributed by atoms with Gasteiger partial charge in [-0.2, -0.15) is 37.9 Å². The second-order valence-electron chi connectivity index (χ2n) is 10.3. The average molecular weight is 807 g/mol. The van der Waals surface area contributed by atoms with E-state index in [9.17, 15) is 29.7 Å². The average Bonchev–Trinajstić information content (AvgIpc) is 2.91. The molecular formula is C30H57AuO6S3. The topological polar surface area (TPSA) is 120 Å². The summed E-state index contributed by atoms with van der Waals surface area (Å²) in [4.78, 5) is 31.6. The SMILES string of the molecule is CCCCCC(CC)C(S)C(=O)[O-].CCCCCC(CC)C(S)C(=O)[O-].CCCCCC(CC)C(S)C(=O)[O-].[Au+3]. The molecule has 0 rings (SSSR count). The zero-order valence-electron chi connectivity index (χ0n) is 25.7. The third-order valence-corrected chi connectivity index (χ3v) is 9.07. The standard InChI is InChI=1S/3C10H20O2S.Au/c3*1-3-5-6-7-8(4-2)9(13)10(11)12;/h3*8-9,13H,3-7H2,1-2H3,(H,11,12);/q;;;+3/p-3. The number of carbonyl (C=O) groups excluding carboxylic acids is 3. The van der Waals surface area contributed by atoms with Crippen LogP contribution in [0.4, 0.5) is 0 Å². The molecule has 0 saturated heterocycles. The Kier molecular flexibility index (Phi) is 37.9. The molecule has 0 amide bonds. The van der Waals surface area contributed by atoms with Gasteiger partial charge in [0.25, 0.3) is 0 Å². The normalized spacial score (nSPS) is 14.9. The maximum absolute atomic E-state index is 10.5. The predicted octanol–water partition coefficient (Wildman–Crippen LogP) is 4.92. The third-order valence-electron chi connectivity index (χ3n) is 7.17. The molecule has 0 aromatic carbocycles. The fraction of sp³-hybridized carbons (Fsp3) is 0.900. The molecule has 40 heavy (non-hydrogen) atoms. The van der Waals surface area contributed by atoms with Crippen LogP contribution in [-0.2, 0) is 36.8 Å². The Morgan fingerprint density at radius 1 is 0.475 bits per heavy atom. The van der Waals surface area contributed by atoms with Gasteiger partial charge in [0.2, 0.25) is 0 Å². The van der Waals surface area contributed by atoms with Gasteiger partial charge in [0, 0.05) is 15.7 Å². The summed E-state index contributed by atoms with van der Waals surface area (Å²) < 4.78 is 0. The molecule has 6 atom stereocenters. The van der Waals surface area contributed by atoms with Crippen LogP contribution in [0.1, 0.15) is 138 Å². The van der Waals surface area contributed by atoms with Crippen LogP contribution < -0.4 is 15.3 Å². The van der Waals surface area contributed by atoms with Crippen molar-refractivity contribution in [1.29, 1.82) is 0 Å². The molecule has 0 saturated carbocycles. The largest absolute Gasteiger partial charge is 3.00 e. The monoisotopic (exact) mass is 806 g/mol. The Morgan fingerprint density at radius 2 is 0.675 bits per heavy atom. The van der Waals surface area contributed by atoms with Crippen molar-refractivity contribution in [1.82, 2.24) is 0 Å². The van der Waals surface area contributed by atoms with Gasteiger partial charge in [0.15, 0.2) is 0 Å². The summed E-state index contributed by atoms with van der Waals surface area (Å²) in [5, 5.41) is 29.8. The Morgan fingerprint density at radius 3 is 0.800 bits per heavy atom. The molecule has 0 aromatic heterocycles. The summed E-state index contributed by atoms with van der Waals surface area (Å²) in [6.45, 7) is 12.4. The molecule has 0 heterocycles. The Balaban J connectivity index is -0.000000240. The molecule has 0 fully saturated rings. The van der Waals surface area contributed by atoms with Gasteiger partial charge in [-0.25, -0.2) is 0 Å². The first-order chi connectivity index (χ1) is 18.4. The molecule has 0 aromatic rings. The Labute approximate surface area is 277 Å². The molecule has 10 heteroatoms. The van der Waals surface area contributed by atoms with Crippen LogP contribution in [0.25, 0.3) is 0 Å². The molecule has 0 spiro atoms. The van der Waals surface area contributed by atoms with Crippen LogP contribution in [0.3, 0.4) is 0 Å². The van der Waals surface area contributed by atoms with E-state index in [1.54, 1.807) is 0 Å². The number of carbonyl (C=O) groups is 3. The van der Waals surface area contributed by atoms with Gasteiger partial charge in [-0.05, 0) is 37.0 Å². The number of rotatable bonds is 21. The maximum atomic E-state index is 10.5. The van der Waals surface area contributed by atoms with E-state index in [0.29, 0.717) is 0 Å². The van der Waals surface area contributed by atoms with Gasteiger partial charge < -0.3 is 29.7 Å². The van der Waals surface area contributed by atoms with Crippen molar-refractivity contribution in [3.05, 3.63) is 0 Å². The minimum atomic E-state index is -1.04. The molecule has 0 N–H and O–H groups in total. The van der Waals surface area contributed by atoms with E-state index in [0.717, 1.165) is 57.8 Å². The molecule has 6 nitrogen and oxygen atoms in total. The van der Waals surface area contributed by atoms with E-state index in [1.165, 1.54) is 38.5 Å². The van der Waals surface area contributed by atoms with Crippen molar-refractivity contribution in [2.45, 2.75) is 154 Å². The first-order valence-electron chi connectivity index (χ1n) is 15.1. The van der Waals surface area contributed by atoms with Gasteiger partial charge in [-0.3, -0.25) is 0 Å². The van der Waals surface area contributed by atoms with Crippen LogP contribution in [-0.4, -0.2) is 33.7 Å². The summed E-state index contributed by atoms with van der Waals surface area (Å²) >= 11 is 12.1. The number of aliphatic carboxylic acids is 3. The van der Waals surface area contributed by atoms with Gasteiger partial charge in [-0.15, -0.1) is 0 Å². The van der Waals surface area contributed by atoms with E-state index in [1.807, 2.05) is 20.8 Å². The van der Waals surface area contributed by atoms with Gasteiger partial charge in [-0.1, -0.05) is 119 Å². The van der Waals surface area contributed by atoms with Gasteiger partial charge in [0.1, 0.15) is 0 Å². The minimum absolute atomic E-state index is 0. The van der Waals surface area contributed by atoms with Crippen LogP contribution in [0.5, 0.6) is 0 Å². The first kappa shape index (κ1) is 47.1. The number of carboxylic acids is 3. The van der Waals surface area contributed by atoms with Crippen molar-refractivity contribution < 1.29 is 52.1 Å². The van der Waals surface area contributed by atoms with Crippen molar-refractivity contribution in [2.24, 2.45) is 17.8 Å². The van der Waals surface area contributed by atoms with Crippen LogP contribution >= 0.6 is 37.9 Å². The van der Waals surface area contributed by atoms with Crippen LogP contribution in [0.15, 0.2) is 0 Å². The number of carboxylic acid groups (broad SMARTS) is 3. The fourth-order valence-corrected chi connectivity index (χ4v) is 5.38. The van der Waals surface area contributed by atoms with E-state index in [2.05, 4.69) is 58.7 Å². The van der Waals surface area contributed by atoms with E-state index < -0.39 is 33.7 Å². The molecule has 0 aliphatic carbocycles. The van der Waals surface area contributed by atoms with Crippen molar-refractivity contribution in [3.63, 3.8) is 0 Å². The summed E-state index contributed by atoms with van der Waals surface area (Å²) in [7, 11) is 0. The van der Waals surface area contributed by atoms with Crippen LogP contribution in [0, 0.1) is 17.8 Å². The molecule has 6 unspecified atom stereocenters. The van der Waals surface area contributed by atoms with Crippen LogP contribution in [0.2, 0.25) is 0 Å². The van der Waals surface area contributed by atoms with E-state index in [4.69, 9.17) is 0 Å². The van der Waals surface area contributed by atoms with E-state index in [-0.39, 0.29) is 40.1 Å². The van der Waals surface area contributed by atoms with E-state index >= 15 is 0 Å². The molecule has 0 aliphatic rings. The summed E-state index contributed by atoms with van der Waals surface area (Å²) in [5.74, 6) is -2.61. The molecule has 0 bridgehead atoms. The molecule has 242 valence electrons. The van der Waals surface area contributed by atoms with Crippen molar-refractivity contribution in [2.75, 3.05) is 0 Å². The van der Waals surface area contributed by atoms with Crippen molar-refractivity contribution >= 4 is 55.8 Å². The molecule has 0 aliphatic heterocycles. The maximum Gasteiger partial charge on any atom is 3.00 e. The molecule has 0 radical (unpaired) electrons. The quantitative estimate of drug-likeness (QED) is 0.0862. The number of thiol groups is 3. The summed E-state index contributed by atoms with van der Waals surface area (Å²) in [5.41, 5.74) is 0. The zero-order chi connectivity index (χ0) is 30.8. The predicted molar refractivity (Wildman–Crippen MR) is 167 cm³/mol. The first-order valence-corrected chi connectivity index (χ1v) is 16.6. The smallest absolute Gasteiger partial charge is 0.549 e. The number of unbranched alkanes of at least 4 members (excludes halogenated alkanes) is 6. The van der Waals surface area contributed by atoms with Crippen molar-refractivity contribution in [3.8, 4) is 0 Å². The van der Waals surface area contributed by atoms with Gasteiger partial charge in [0.05, 0.1) is 17.9 Å². The Bertz CT molecular complexity index is 531. The molecular weight excluding hydrogens is 749 g/mol. The second kappa shape index (κ2) is 32.1. The minimum Gasteiger partial charge on any atom is -0.549 e. The Hall–Kier alpha value is 0.200.